The molecular formula is C18H17FN3O3S-. The Labute approximate surface area is 152 Å². The molecule has 1 aromatic carbocycles. The smallest absolute Gasteiger partial charge is 0.123 e. The van der Waals surface area contributed by atoms with Gasteiger partial charge in [0.2, 0.25) is 0 Å². The highest BCUT2D eigenvalue weighted by atomic mass is 32.2. The number of aromatic amines is 1. The number of rotatable bonds is 7. The predicted molar refractivity (Wildman–Crippen MR) is 95.3 cm³/mol. The van der Waals surface area contributed by atoms with E-state index in [4.69, 9.17) is 5.11 Å². The summed E-state index contributed by atoms with van der Waals surface area (Å²) in [6, 6.07) is 9.55. The molecule has 2 aromatic heterocycles. The summed E-state index contributed by atoms with van der Waals surface area (Å²) in [5, 5.41) is 8.32. The van der Waals surface area contributed by atoms with Crippen LogP contribution in [0.25, 0.3) is 22.5 Å². The second-order valence-corrected chi connectivity index (χ2v) is 6.94. The lowest BCUT2D eigenvalue weighted by molar-refractivity contribution is 0.283. The topological polar surface area (TPSA) is 102 Å². The summed E-state index contributed by atoms with van der Waals surface area (Å²) in [6.07, 6.45) is 3.57. The maximum absolute atomic E-state index is 13.2. The molecule has 0 saturated carbocycles. The molecule has 26 heavy (non-hydrogen) atoms. The normalized spacial score (nSPS) is 13.5. The van der Waals surface area contributed by atoms with Crippen molar-refractivity contribution in [3.05, 3.63) is 60.4 Å². The number of nitrogens with zero attached hydrogens (tertiary/aromatic N) is 2. The summed E-state index contributed by atoms with van der Waals surface area (Å²) in [6.45, 7) is -0.221. The van der Waals surface area contributed by atoms with Crippen molar-refractivity contribution in [2.45, 2.75) is 18.1 Å². The first-order chi connectivity index (χ1) is 12.6. The number of aromatic nitrogens is 3. The largest absolute Gasteiger partial charge is 0.772 e. The number of imidazole rings is 1. The van der Waals surface area contributed by atoms with E-state index in [1.54, 1.807) is 36.7 Å². The van der Waals surface area contributed by atoms with Crippen LogP contribution in [-0.4, -0.2) is 40.7 Å². The fraction of sp³-hybridized carbons (Fsp3) is 0.222. The fourth-order valence-electron chi connectivity index (χ4n) is 2.69. The van der Waals surface area contributed by atoms with Gasteiger partial charge in [-0.1, -0.05) is 11.1 Å². The average Bonchev–Trinajstić information content (AvgIpc) is 3.06. The van der Waals surface area contributed by atoms with E-state index < -0.39 is 16.3 Å². The lowest BCUT2D eigenvalue weighted by Crippen LogP contribution is -2.20. The molecule has 0 aliphatic rings. The monoisotopic (exact) mass is 374 g/mol. The zero-order valence-corrected chi connectivity index (χ0v) is 14.6. The zero-order valence-electron chi connectivity index (χ0n) is 13.8. The summed E-state index contributed by atoms with van der Waals surface area (Å²) in [5.74, 6) is 0.138. The standard InChI is InChI=1S/C18H18FN3O3S/c19-14-3-1-12(2-4-14)17-18(13-5-8-20-9-6-13)22-16(21-17)11-15(7-10-23)26(24)25/h1-6,8-9,15,23H,7,10-11H2,(H,21,22)(H,24,25)/p-1. The van der Waals surface area contributed by atoms with E-state index in [0.29, 0.717) is 22.8 Å². The van der Waals surface area contributed by atoms with Crippen LogP contribution >= 0.6 is 0 Å². The van der Waals surface area contributed by atoms with Crippen molar-refractivity contribution in [2.24, 2.45) is 0 Å². The Morgan fingerprint density at radius 2 is 1.85 bits per heavy atom. The highest BCUT2D eigenvalue weighted by molar-refractivity contribution is 7.79. The maximum Gasteiger partial charge on any atom is 0.123 e. The number of hydrogen-bond donors (Lipinski definition) is 2. The molecule has 136 valence electrons. The van der Waals surface area contributed by atoms with E-state index in [2.05, 4.69) is 15.0 Å². The highest BCUT2D eigenvalue weighted by Crippen LogP contribution is 2.30. The summed E-state index contributed by atoms with van der Waals surface area (Å²) in [4.78, 5) is 11.7. The highest BCUT2D eigenvalue weighted by Gasteiger charge is 2.18. The van der Waals surface area contributed by atoms with Crippen LogP contribution in [0.15, 0.2) is 48.8 Å². The minimum atomic E-state index is -2.32. The van der Waals surface area contributed by atoms with Gasteiger partial charge in [-0.25, -0.2) is 9.37 Å². The van der Waals surface area contributed by atoms with Crippen molar-refractivity contribution in [3.63, 3.8) is 0 Å². The molecule has 2 heterocycles. The summed E-state index contributed by atoms with van der Waals surface area (Å²) >= 11 is -2.32. The predicted octanol–water partition coefficient (Wildman–Crippen LogP) is 2.45. The third-order valence-corrected chi connectivity index (χ3v) is 4.93. The fourth-order valence-corrected chi connectivity index (χ4v) is 3.28. The Kier molecular flexibility index (Phi) is 5.87. The number of hydrogen-bond acceptors (Lipinski definition) is 5. The number of halogens is 1. The molecule has 6 nitrogen and oxygen atoms in total. The Morgan fingerprint density at radius 3 is 2.46 bits per heavy atom. The third-order valence-electron chi connectivity index (χ3n) is 3.98. The van der Waals surface area contributed by atoms with Crippen molar-refractivity contribution in [1.29, 1.82) is 0 Å². The van der Waals surface area contributed by atoms with E-state index in [1.807, 2.05) is 0 Å². The van der Waals surface area contributed by atoms with E-state index in [0.717, 1.165) is 5.56 Å². The van der Waals surface area contributed by atoms with Gasteiger partial charge in [0.25, 0.3) is 0 Å². The molecule has 2 atom stereocenters. The van der Waals surface area contributed by atoms with Crippen molar-refractivity contribution in [1.82, 2.24) is 15.0 Å². The first-order valence-electron chi connectivity index (χ1n) is 8.02. The lowest BCUT2D eigenvalue weighted by atomic mass is 10.1. The van der Waals surface area contributed by atoms with Crippen molar-refractivity contribution in [2.75, 3.05) is 6.61 Å². The van der Waals surface area contributed by atoms with Crippen molar-refractivity contribution < 1.29 is 18.3 Å². The van der Waals surface area contributed by atoms with Crippen LogP contribution in [0.4, 0.5) is 4.39 Å². The Bertz CT molecular complexity index is 884. The number of H-pyrrole nitrogens is 1. The van der Waals surface area contributed by atoms with E-state index >= 15 is 0 Å². The van der Waals surface area contributed by atoms with Crippen LogP contribution in [0.3, 0.4) is 0 Å². The molecule has 0 radical (unpaired) electrons. The second-order valence-electron chi connectivity index (χ2n) is 5.75. The second kappa shape index (κ2) is 8.31. The number of nitrogens with one attached hydrogen (secondary N) is 1. The zero-order chi connectivity index (χ0) is 18.5. The Balaban J connectivity index is 2.03. The van der Waals surface area contributed by atoms with Gasteiger partial charge in [0, 0.05) is 41.8 Å². The van der Waals surface area contributed by atoms with Gasteiger partial charge in [-0.05, 0) is 42.8 Å². The third kappa shape index (κ3) is 4.21. The SMILES string of the molecule is O=S([O-])C(CCO)Cc1nc(-c2ccc(F)cc2)c(-c2ccncc2)[nH]1. The number of pyridine rings is 1. The Morgan fingerprint density at radius 1 is 1.15 bits per heavy atom. The van der Waals surface area contributed by atoms with Gasteiger partial charge in [0.1, 0.15) is 11.6 Å². The van der Waals surface area contributed by atoms with Gasteiger partial charge in [0.15, 0.2) is 0 Å². The molecule has 8 heteroatoms. The first kappa shape index (κ1) is 18.4. The maximum atomic E-state index is 13.2. The lowest BCUT2D eigenvalue weighted by Gasteiger charge is -2.17. The minimum absolute atomic E-state index is 0.132. The molecule has 0 fully saturated rings. The summed E-state index contributed by atoms with van der Waals surface area (Å²) in [7, 11) is 0. The molecule has 3 rings (SSSR count). The van der Waals surface area contributed by atoms with Gasteiger partial charge < -0.3 is 14.6 Å². The summed E-state index contributed by atoms with van der Waals surface area (Å²) < 4.78 is 36.0. The van der Waals surface area contributed by atoms with Gasteiger partial charge in [-0.2, -0.15) is 0 Å². The van der Waals surface area contributed by atoms with Gasteiger partial charge in [-0.3, -0.25) is 9.19 Å². The Hall–Kier alpha value is -2.42. The first-order valence-corrected chi connectivity index (χ1v) is 9.16. The van der Waals surface area contributed by atoms with Crippen LogP contribution < -0.4 is 0 Å². The van der Waals surface area contributed by atoms with Crippen LogP contribution in [0.1, 0.15) is 12.2 Å². The van der Waals surface area contributed by atoms with Gasteiger partial charge in [-0.15, -0.1) is 0 Å². The minimum Gasteiger partial charge on any atom is -0.772 e. The molecule has 2 N–H and O–H groups in total. The number of benzene rings is 1. The molecule has 0 spiro atoms. The molecule has 0 bridgehead atoms. The summed E-state index contributed by atoms with van der Waals surface area (Å²) in [5.41, 5.74) is 2.85. The van der Waals surface area contributed by atoms with E-state index in [-0.39, 0.29) is 25.3 Å². The molecule has 0 amide bonds. The van der Waals surface area contributed by atoms with E-state index in [9.17, 15) is 13.2 Å². The van der Waals surface area contributed by atoms with Gasteiger partial charge >= 0.3 is 0 Å². The molecular weight excluding hydrogens is 357 g/mol. The van der Waals surface area contributed by atoms with E-state index in [1.165, 1.54) is 12.1 Å². The number of aliphatic hydroxyl groups is 1. The molecule has 3 aromatic rings. The number of aliphatic hydroxyl groups excluding tert-OH is 1. The van der Waals surface area contributed by atoms with Crippen molar-refractivity contribution >= 4 is 11.1 Å². The molecule has 0 aliphatic heterocycles. The van der Waals surface area contributed by atoms with Crippen LogP contribution in [0.2, 0.25) is 0 Å². The van der Waals surface area contributed by atoms with Crippen LogP contribution in [-0.2, 0) is 17.5 Å². The quantitative estimate of drug-likeness (QED) is 0.619. The molecule has 0 saturated heterocycles. The van der Waals surface area contributed by atoms with Crippen LogP contribution in [0.5, 0.6) is 0 Å². The van der Waals surface area contributed by atoms with Gasteiger partial charge in [0.05, 0.1) is 11.4 Å². The van der Waals surface area contributed by atoms with Crippen LogP contribution in [0, 0.1) is 5.82 Å². The molecule has 2 unspecified atom stereocenters. The average molecular weight is 374 g/mol. The van der Waals surface area contributed by atoms with Crippen molar-refractivity contribution in [3.8, 4) is 22.5 Å². The molecule has 0 aliphatic carbocycles.